The quantitative estimate of drug-likeness (QED) is 0.674. The second-order valence-corrected chi connectivity index (χ2v) is 2.25. The van der Waals surface area contributed by atoms with Crippen LogP contribution in [0, 0.1) is 0 Å². The Kier molecular flexibility index (Phi) is 2.15. The predicted octanol–water partition coefficient (Wildman–Crippen LogP) is 1.97. The van der Waals surface area contributed by atoms with Gasteiger partial charge in [-0.2, -0.15) is 4.98 Å². The Bertz CT molecular complexity index is 214. The van der Waals surface area contributed by atoms with Crippen LogP contribution in [0.3, 0.4) is 0 Å². The molecule has 0 fully saturated rings. The van der Waals surface area contributed by atoms with Crippen molar-refractivity contribution in [1.29, 1.82) is 0 Å². The summed E-state index contributed by atoms with van der Waals surface area (Å²) in [4.78, 5) is 3.40. The van der Waals surface area contributed by atoms with E-state index in [1.807, 2.05) is 0 Å². The molecule has 0 aliphatic carbocycles. The Labute approximate surface area is 64.6 Å². The minimum absolute atomic E-state index is 0.0647. The molecule has 0 N–H and O–H groups in total. The van der Waals surface area contributed by atoms with Crippen molar-refractivity contribution in [3.05, 3.63) is 10.6 Å². The third kappa shape index (κ3) is 1.47. The largest absolute Gasteiger partial charge is 0.244 e. The van der Waals surface area contributed by atoms with E-state index in [2.05, 4.69) is 10.1 Å². The van der Waals surface area contributed by atoms with Crippen LogP contribution in [-0.4, -0.2) is 14.2 Å². The molecule has 0 spiro atoms. The van der Waals surface area contributed by atoms with E-state index in [-0.39, 0.29) is 22.9 Å². The van der Waals surface area contributed by atoms with Gasteiger partial charge in [-0.25, -0.2) is 0 Å². The zero-order chi connectivity index (χ0) is 6.85. The standard InChI is InChI=1S/C2Cl2FN3S/c3-1-6-2(4)8(7-1)9-5. The van der Waals surface area contributed by atoms with Crippen LogP contribution in [0.2, 0.25) is 10.6 Å². The van der Waals surface area contributed by atoms with Gasteiger partial charge < -0.3 is 0 Å². The summed E-state index contributed by atoms with van der Waals surface area (Å²) in [5, 5.41) is 3.21. The molecule has 9 heavy (non-hydrogen) atoms. The van der Waals surface area contributed by atoms with Crippen molar-refractivity contribution in [3.63, 3.8) is 0 Å². The summed E-state index contributed by atoms with van der Waals surface area (Å²) >= 11 is 10.4. The Morgan fingerprint density at radius 3 is 2.44 bits per heavy atom. The predicted molar refractivity (Wildman–Crippen MR) is 34.1 cm³/mol. The normalized spacial score (nSPS) is 10.1. The summed E-state index contributed by atoms with van der Waals surface area (Å²) in [5.74, 6) is 0. The highest BCUT2D eigenvalue weighted by Crippen LogP contribution is 2.15. The lowest BCUT2D eigenvalue weighted by atomic mass is 11.3. The maximum Gasteiger partial charge on any atom is 0.244 e. The molecule has 7 heteroatoms. The Morgan fingerprint density at radius 1 is 1.56 bits per heavy atom. The Hall–Kier alpha value is -0.000000000000000111. The van der Waals surface area contributed by atoms with Crippen molar-refractivity contribution in [2.75, 3.05) is 0 Å². The molecule has 0 amide bonds. The molecule has 1 aromatic heterocycles. The average molecular weight is 188 g/mol. The fourth-order valence-electron chi connectivity index (χ4n) is 0.301. The molecule has 3 nitrogen and oxygen atoms in total. The Balaban J connectivity index is 3.01. The molecule has 0 aliphatic heterocycles. The number of halogens is 3. The zero-order valence-corrected chi connectivity index (χ0v) is 6.21. The van der Waals surface area contributed by atoms with Gasteiger partial charge in [0.05, 0.1) is 0 Å². The van der Waals surface area contributed by atoms with E-state index in [1.54, 1.807) is 0 Å². The molecule has 1 heterocycles. The van der Waals surface area contributed by atoms with Crippen molar-refractivity contribution in [2.24, 2.45) is 0 Å². The molecule has 1 aromatic rings. The smallest absolute Gasteiger partial charge is 0.185 e. The molecule has 0 radical (unpaired) electrons. The van der Waals surface area contributed by atoms with Gasteiger partial charge in [0.1, 0.15) is 0 Å². The molecule has 0 aliphatic rings. The number of hydrogen-bond donors (Lipinski definition) is 0. The van der Waals surface area contributed by atoms with Gasteiger partial charge >= 0.3 is 0 Å². The van der Waals surface area contributed by atoms with Gasteiger partial charge in [-0.3, -0.25) is 0 Å². The average Bonchev–Trinajstić information content (AvgIpc) is 2.10. The monoisotopic (exact) mass is 187 g/mol. The van der Waals surface area contributed by atoms with Crippen molar-refractivity contribution in [3.8, 4) is 0 Å². The van der Waals surface area contributed by atoms with E-state index in [0.717, 1.165) is 4.09 Å². The zero-order valence-electron chi connectivity index (χ0n) is 3.88. The van der Waals surface area contributed by atoms with E-state index in [1.165, 1.54) is 0 Å². The van der Waals surface area contributed by atoms with E-state index in [9.17, 15) is 3.89 Å². The van der Waals surface area contributed by atoms with Gasteiger partial charge in [-0.15, -0.1) is 13.1 Å². The third-order valence-electron chi connectivity index (χ3n) is 0.581. The molecule has 1 rings (SSSR count). The minimum Gasteiger partial charge on any atom is -0.185 e. The van der Waals surface area contributed by atoms with Crippen molar-refractivity contribution < 1.29 is 3.89 Å². The van der Waals surface area contributed by atoms with Gasteiger partial charge in [0.25, 0.3) is 0 Å². The van der Waals surface area contributed by atoms with Crippen LogP contribution in [-0.2, 0) is 0 Å². The molecule has 0 unspecified atom stereocenters. The fourth-order valence-corrected chi connectivity index (χ4v) is 0.947. The molecule has 0 bridgehead atoms. The molecule has 0 aromatic carbocycles. The summed E-state index contributed by atoms with van der Waals surface area (Å²) in [5.41, 5.74) is 0. The molecule has 0 atom stereocenters. The van der Waals surface area contributed by atoms with Gasteiger partial charge in [-0.05, 0) is 23.2 Å². The van der Waals surface area contributed by atoms with E-state index in [4.69, 9.17) is 23.2 Å². The van der Waals surface area contributed by atoms with Crippen LogP contribution >= 0.6 is 35.5 Å². The van der Waals surface area contributed by atoms with Crippen LogP contribution in [0.5, 0.6) is 0 Å². The molecule has 0 saturated heterocycles. The first-order valence-electron chi connectivity index (χ1n) is 1.81. The lowest BCUT2D eigenvalue weighted by Gasteiger charge is -1.84. The van der Waals surface area contributed by atoms with Gasteiger partial charge in [0.2, 0.25) is 10.6 Å². The number of rotatable bonds is 1. The molecular weight excluding hydrogens is 188 g/mol. The molecular formula is C2Cl2FN3S. The second-order valence-electron chi connectivity index (χ2n) is 1.09. The number of aromatic nitrogens is 3. The third-order valence-corrected chi connectivity index (χ3v) is 1.47. The number of hydrogen-bond acceptors (Lipinski definition) is 3. The maximum absolute atomic E-state index is 11.6. The van der Waals surface area contributed by atoms with Gasteiger partial charge in [0.15, 0.2) is 12.3 Å². The highest BCUT2D eigenvalue weighted by Gasteiger charge is 2.04. The highest BCUT2D eigenvalue weighted by atomic mass is 35.5. The molecule has 50 valence electrons. The topological polar surface area (TPSA) is 30.7 Å². The van der Waals surface area contributed by atoms with Crippen molar-refractivity contribution in [1.82, 2.24) is 14.2 Å². The summed E-state index contributed by atoms with van der Waals surface area (Å²) in [7, 11) is 0. The first kappa shape index (κ1) is 7.11. The van der Waals surface area contributed by atoms with Crippen molar-refractivity contribution >= 4 is 35.5 Å². The lowest BCUT2D eigenvalue weighted by molar-refractivity contribution is 0.878. The van der Waals surface area contributed by atoms with Crippen LogP contribution in [0.1, 0.15) is 0 Å². The first-order chi connectivity index (χ1) is 4.24. The summed E-state index contributed by atoms with van der Waals surface area (Å²) < 4.78 is 12.4. The van der Waals surface area contributed by atoms with Gasteiger partial charge in [-0.1, -0.05) is 0 Å². The van der Waals surface area contributed by atoms with Crippen LogP contribution < -0.4 is 0 Å². The number of nitrogens with zero attached hydrogens (tertiary/aromatic N) is 3. The van der Waals surface area contributed by atoms with Gasteiger partial charge in [0, 0.05) is 0 Å². The second kappa shape index (κ2) is 2.72. The first-order valence-corrected chi connectivity index (χ1v) is 3.24. The van der Waals surface area contributed by atoms with E-state index < -0.39 is 0 Å². The SMILES string of the molecule is FSn1nc(Cl)nc1Cl. The Morgan fingerprint density at radius 2 is 2.22 bits per heavy atom. The van der Waals surface area contributed by atoms with E-state index >= 15 is 0 Å². The van der Waals surface area contributed by atoms with Crippen LogP contribution in [0.25, 0.3) is 0 Å². The van der Waals surface area contributed by atoms with Crippen LogP contribution in [0.15, 0.2) is 0 Å². The summed E-state index contributed by atoms with van der Waals surface area (Å²) in [6.07, 6.45) is 0. The fraction of sp³-hybridized carbons (Fsp3) is 0. The lowest BCUT2D eigenvalue weighted by Crippen LogP contribution is -1.83. The minimum atomic E-state index is -0.157. The summed E-state index contributed by atoms with van der Waals surface area (Å²) in [6, 6.07) is 0. The highest BCUT2D eigenvalue weighted by molar-refractivity contribution is 7.92. The van der Waals surface area contributed by atoms with Crippen molar-refractivity contribution in [2.45, 2.75) is 0 Å². The summed E-state index contributed by atoms with van der Waals surface area (Å²) in [6.45, 7) is 0. The van der Waals surface area contributed by atoms with Crippen LogP contribution in [0.4, 0.5) is 3.89 Å². The van der Waals surface area contributed by atoms with E-state index in [0.29, 0.717) is 0 Å². The molecule has 0 saturated carbocycles. The maximum atomic E-state index is 11.6.